The minimum atomic E-state index is 0.0865. The fourth-order valence-electron chi connectivity index (χ4n) is 2.11. The lowest BCUT2D eigenvalue weighted by molar-refractivity contribution is 0.0942. The van der Waals surface area contributed by atoms with Gasteiger partial charge < -0.3 is 4.74 Å². The number of halogens is 1. The van der Waals surface area contributed by atoms with Gasteiger partial charge in [-0.1, -0.05) is 46.3 Å². The predicted molar refractivity (Wildman–Crippen MR) is 87.8 cm³/mol. The zero-order chi connectivity index (χ0) is 15.2. The third-order valence-electron chi connectivity index (χ3n) is 3.20. The number of ketones is 1. The second-order valence-corrected chi connectivity index (χ2v) is 5.77. The van der Waals surface area contributed by atoms with Crippen LogP contribution in [0.5, 0.6) is 5.75 Å². The first-order valence-electron chi connectivity index (χ1n) is 6.69. The van der Waals surface area contributed by atoms with Gasteiger partial charge >= 0.3 is 0 Å². The molecule has 4 heteroatoms. The van der Waals surface area contributed by atoms with Crippen molar-refractivity contribution in [3.05, 3.63) is 64.1 Å². The SMILES string of the molecule is COc1cccc(C(=O)CN(C)Cc2ccccc2Br)c1. The summed E-state index contributed by atoms with van der Waals surface area (Å²) in [7, 11) is 3.54. The second-order valence-electron chi connectivity index (χ2n) is 4.92. The molecule has 0 unspecified atom stereocenters. The molecule has 0 spiro atoms. The van der Waals surface area contributed by atoms with E-state index in [1.165, 1.54) is 5.56 Å². The maximum atomic E-state index is 12.3. The van der Waals surface area contributed by atoms with Crippen LogP contribution in [0.25, 0.3) is 0 Å². The van der Waals surface area contributed by atoms with Crippen LogP contribution in [0.15, 0.2) is 53.0 Å². The number of carbonyl (C=O) groups is 1. The fraction of sp³-hybridized carbons (Fsp3) is 0.235. The van der Waals surface area contributed by atoms with Crippen LogP contribution in [0, 0.1) is 0 Å². The standard InChI is InChI=1S/C17H18BrNO2/c1-19(11-14-6-3-4-9-16(14)18)12-17(20)13-7-5-8-15(10-13)21-2/h3-10H,11-12H2,1-2H3. The number of likely N-dealkylation sites (N-methyl/N-ethyl adjacent to an activating group) is 1. The lowest BCUT2D eigenvalue weighted by atomic mass is 10.1. The Morgan fingerprint density at radius 1 is 1.19 bits per heavy atom. The number of carbonyl (C=O) groups excluding carboxylic acids is 1. The van der Waals surface area contributed by atoms with Crippen LogP contribution in [0.2, 0.25) is 0 Å². The molecular formula is C17H18BrNO2. The Bertz CT molecular complexity index is 628. The molecule has 21 heavy (non-hydrogen) atoms. The number of benzene rings is 2. The lowest BCUT2D eigenvalue weighted by Gasteiger charge is -2.17. The Hall–Kier alpha value is -1.65. The average molecular weight is 348 g/mol. The minimum absolute atomic E-state index is 0.0865. The van der Waals surface area contributed by atoms with E-state index in [2.05, 4.69) is 22.0 Å². The Morgan fingerprint density at radius 2 is 1.95 bits per heavy atom. The van der Waals surface area contributed by atoms with Crippen molar-refractivity contribution in [3.63, 3.8) is 0 Å². The Balaban J connectivity index is 2.00. The van der Waals surface area contributed by atoms with E-state index in [0.29, 0.717) is 17.9 Å². The Kier molecular flexibility index (Phi) is 5.53. The number of hydrogen-bond donors (Lipinski definition) is 0. The summed E-state index contributed by atoms with van der Waals surface area (Å²) in [4.78, 5) is 14.3. The number of Topliss-reactive ketones (excluding diaryl/α,β-unsaturated/α-hetero) is 1. The number of ether oxygens (including phenoxy) is 1. The quantitative estimate of drug-likeness (QED) is 0.745. The van der Waals surface area contributed by atoms with Gasteiger partial charge in [-0.05, 0) is 30.8 Å². The first kappa shape index (κ1) is 15.7. The molecule has 2 rings (SSSR count). The summed E-state index contributed by atoms with van der Waals surface area (Å²) in [5, 5.41) is 0. The van der Waals surface area contributed by atoms with Gasteiger partial charge in [-0.3, -0.25) is 9.69 Å². The predicted octanol–water partition coefficient (Wildman–Crippen LogP) is 3.77. The number of rotatable bonds is 6. The van der Waals surface area contributed by atoms with Crippen molar-refractivity contribution in [2.45, 2.75) is 6.54 Å². The van der Waals surface area contributed by atoms with Crippen LogP contribution < -0.4 is 4.74 Å². The summed E-state index contributed by atoms with van der Waals surface area (Å²) in [6.45, 7) is 1.09. The largest absolute Gasteiger partial charge is 0.497 e. The van der Waals surface area contributed by atoms with E-state index in [4.69, 9.17) is 4.74 Å². The third kappa shape index (κ3) is 4.41. The van der Waals surface area contributed by atoms with Crippen LogP contribution in [0.3, 0.4) is 0 Å². The molecule has 0 amide bonds. The monoisotopic (exact) mass is 347 g/mol. The Labute approximate surface area is 133 Å². The van der Waals surface area contributed by atoms with Crippen molar-refractivity contribution < 1.29 is 9.53 Å². The van der Waals surface area contributed by atoms with Gasteiger partial charge in [0, 0.05) is 16.6 Å². The molecule has 0 aromatic heterocycles. The molecule has 0 fully saturated rings. The Morgan fingerprint density at radius 3 is 2.67 bits per heavy atom. The molecule has 0 radical (unpaired) electrons. The molecular weight excluding hydrogens is 330 g/mol. The molecule has 3 nitrogen and oxygen atoms in total. The maximum Gasteiger partial charge on any atom is 0.176 e. The highest BCUT2D eigenvalue weighted by atomic mass is 79.9. The van der Waals surface area contributed by atoms with Crippen molar-refractivity contribution in [1.29, 1.82) is 0 Å². The number of methoxy groups -OCH3 is 1. The highest BCUT2D eigenvalue weighted by molar-refractivity contribution is 9.10. The summed E-state index contributed by atoms with van der Waals surface area (Å²) in [6, 6.07) is 15.3. The van der Waals surface area contributed by atoms with Gasteiger partial charge in [0.1, 0.15) is 5.75 Å². The summed E-state index contributed by atoms with van der Waals surface area (Å²) >= 11 is 3.53. The van der Waals surface area contributed by atoms with Gasteiger partial charge in [0.15, 0.2) is 5.78 Å². The summed E-state index contributed by atoms with van der Waals surface area (Å²) in [5.41, 5.74) is 1.84. The van der Waals surface area contributed by atoms with Gasteiger partial charge in [0.25, 0.3) is 0 Å². The van der Waals surface area contributed by atoms with E-state index < -0.39 is 0 Å². The number of hydrogen-bond acceptors (Lipinski definition) is 3. The first-order valence-corrected chi connectivity index (χ1v) is 7.48. The van der Waals surface area contributed by atoms with E-state index in [9.17, 15) is 4.79 Å². The highest BCUT2D eigenvalue weighted by Crippen LogP contribution is 2.18. The summed E-state index contributed by atoms with van der Waals surface area (Å²) < 4.78 is 6.21. The molecule has 0 saturated carbocycles. The van der Waals surface area contributed by atoms with Crippen molar-refractivity contribution >= 4 is 21.7 Å². The van der Waals surface area contributed by atoms with E-state index in [0.717, 1.165) is 11.0 Å². The van der Waals surface area contributed by atoms with E-state index in [1.807, 2.05) is 48.3 Å². The third-order valence-corrected chi connectivity index (χ3v) is 3.98. The van der Waals surface area contributed by atoms with Crippen molar-refractivity contribution in [2.75, 3.05) is 20.7 Å². The topological polar surface area (TPSA) is 29.5 Å². The van der Waals surface area contributed by atoms with E-state index >= 15 is 0 Å². The van der Waals surface area contributed by atoms with Crippen molar-refractivity contribution in [3.8, 4) is 5.75 Å². The molecule has 2 aromatic carbocycles. The summed E-state index contributed by atoms with van der Waals surface area (Å²) in [6.07, 6.45) is 0. The molecule has 0 saturated heterocycles. The van der Waals surface area contributed by atoms with Gasteiger partial charge in [0.2, 0.25) is 0 Å². The molecule has 2 aromatic rings. The van der Waals surface area contributed by atoms with Gasteiger partial charge in [-0.25, -0.2) is 0 Å². The number of nitrogens with zero attached hydrogens (tertiary/aromatic N) is 1. The highest BCUT2D eigenvalue weighted by Gasteiger charge is 2.11. The molecule has 0 aliphatic rings. The second kappa shape index (κ2) is 7.38. The maximum absolute atomic E-state index is 12.3. The van der Waals surface area contributed by atoms with Crippen LogP contribution >= 0.6 is 15.9 Å². The van der Waals surface area contributed by atoms with Crippen LogP contribution in [-0.4, -0.2) is 31.4 Å². The van der Waals surface area contributed by atoms with Crippen molar-refractivity contribution in [1.82, 2.24) is 4.90 Å². The minimum Gasteiger partial charge on any atom is -0.497 e. The lowest BCUT2D eigenvalue weighted by Crippen LogP contribution is -2.25. The van der Waals surface area contributed by atoms with Crippen LogP contribution in [0.1, 0.15) is 15.9 Å². The molecule has 0 atom stereocenters. The molecule has 0 bridgehead atoms. The first-order chi connectivity index (χ1) is 10.1. The fourth-order valence-corrected chi connectivity index (χ4v) is 2.52. The zero-order valence-corrected chi connectivity index (χ0v) is 13.8. The van der Waals surface area contributed by atoms with Gasteiger partial charge in [0.05, 0.1) is 13.7 Å². The zero-order valence-electron chi connectivity index (χ0n) is 12.2. The smallest absolute Gasteiger partial charge is 0.176 e. The normalized spacial score (nSPS) is 10.7. The van der Waals surface area contributed by atoms with E-state index in [1.54, 1.807) is 13.2 Å². The van der Waals surface area contributed by atoms with E-state index in [-0.39, 0.29) is 5.78 Å². The van der Waals surface area contributed by atoms with Crippen LogP contribution in [-0.2, 0) is 6.54 Å². The van der Waals surface area contributed by atoms with Gasteiger partial charge in [-0.15, -0.1) is 0 Å². The van der Waals surface area contributed by atoms with Crippen LogP contribution in [0.4, 0.5) is 0 Å². The van der Waals surface area contributed by atoms with Crippen molar-refractivity contribution in [2.24, 2.45) is 0 Å². The molecule has 0 heterocycles. The molecule has 0 aliphatic carbocycles. The molecule has 0 N–H and O–H groups in total. The molecule has 0 aliphatic heterocycles. The molecule has 110 valence electrons. The average Bonchev–Trinajstić information content (AvgIpc) is 2.49. The van der Waals surface area contributed by atoms with Gasteiger partial charge in [-0.2, -0.15) is 0 Å². The summed E-state index contributed by atoms with van der Waals surface area (Å²) in [5.74, 6) is 0.790.